The van der Waals surface area contributed by atoms with E-state index in [9.17, 15) is 8.42 Å². The molecule has 102 valence electrons. The molecule has 0 aliphatic rings. The Morgan fingerprint density at radius 1 is 1.17 bits per heavy atom. The molecule has 5 nitrogen and oxygen atoms in total. The van der Waals surface area contributed by atoms with Crippen molar-refractivity contribution in [1.29, 1.82) is 0 Å². The molecule has 1 aromatic rings. The van der Waals surface area contributed by atoms with Gasteiger partial charge < -0.3 is 5.11 Å². The van der Waals surface area contributed by atoms with Crippen LogP contribution >= 0.6 is 0 Å². The summed E-state index contributed by atoms with van der Waals surface area (Å²) >= 11 is 0. The van der Waals surface area contributed by atoms with Gasteiger partial charge in [0.2, 0.25) is 0 Å². The Hall–Kier alpha value is -1.11. The summed E-state index contributed by atoms with van der Waals surface area (Å²) in [6.07, 6.45) is 0.563. The maximum atomic E-state index is 11.8. The van der Waals surface area contributed by atoms with E-state index in [4.69, 9.17) is 5.11 Å². The molecule has 0 amide bonds. The van der Waals surface area contributed by atoms with Crippen LogP contribution in [0.3, 0.4) is 0 Å². The average molecular weight is 272 g/mol. The number of hydrogen-bond acceptors (Lipinski definition) is 3. The highest BCUT2D eigenvalue weighted by atomic mass is 32.2. The van der Waals surface area contributed by atoms with Crippen LogP contribution in [0.1, 0.15) is 26.3 Å². The van der Waals surface area contributed by atoms with Gasteiger partial charge in [-0.25, -0.2) is 0 Å². The van der Waals surface area contributed by atoms with Gasteiger partial charge in [0.25, 0.3) is 10.2 Å². The summed E-state index contributed by atoms with van der Waals surface area (Å²) in [7, 11) is -3.57. The highest BCUT2D eigenvalue weighted by Crippen LogP contribution is 2.12. The molecule has 0 radical (unpaired) electrons. The molecule has 0 bridgehead atoms. The standard InChI is InChI=1S/C12H20N2O3S/c1-12(2,3)14-18(16,17)13-11-6-4-10(5-7-11)8-9-15/h4-7,13-15H,8-9H2,1-3H3. The van der Waals surface area contributed by atoms with Crippen LogP contribution in [-0.2, 0) is 16.6 Å². The first-order chi connectivity index (χ1) is 8.22. The maximum Gasteiger partial charge on any atom is 0.299 e. The van der Waals surface area contributed by atoms with Crippen LogP contribution < -0.4 is 9.44 Å². The third-order valence-corrected chi connectivity index (χ3v) is 3.43. The fraction of sp³-hybridized carbons (Fsp3) is 0.500. The lowest BCUT2D eigenvalue weighted by Gasteiger charge is -2.20. The quantitative estimate of drug-likeness (QED) is 0.755. The second-order valence-electron chi connectivity index (χ2n) is 5.13. The molecule has 0 heterocycles. The summed E-state index contributed by atoms with van der Waals surface area (Å²) in [4.78, 5) is 0. The predicted molar refractivity (Wildman–Crippen MR) is 72.7 cm³/mol. The number of rotatable bonds is 5. The SMILES string of the molecule is CC(C)(C)NS(=O)(=O)Nc1ccc(CCO)cc1. The van der Waals surface area contributed by atoms with Crippen molar-refractivity contribution in [2.75, 3.05) is 11.3 Å². The monoisotopic (exact) mass is 272 g/mol. The fourth-order valence-corrected chi connectivity index (χ4v) is 2.76. The number of benzene rings is 1. The van der Waals surface area contributed by atoms with E-state index in [0.717, 1.165) is 5.56 Å². The molecule has 0 spiro atoms. The highest BCUT2D eigenvalue weighted by Gasteiger charge is 2.19. The molecule has 18 heavy (non-hydrogen) atoms. The van der Waals surface area contributed by atoms with Gasteiger partial charge in [0.1, 0.15) is 0 Å². The topological polar surface area (TPSA) is 78.4 Å². The molecule has 0 saturated heterocycles. The van der Waals surface area contributed by atoms with E-state index in [1.165, 1.54) is 0 Å². The number of aliphatic hydroxyl groups excluding tert-OH is 1. The fourth-order valence-electron chi connectivity index (χ4n) is 1.45. The van der Waals surface area contributed by atoms with E-state index in [1.54, 1.807) is 45.0 Å². The smallest absolute Gasteiger partial charge is 0.299 e. The maximum absolute atomic E-state index is 11.8. The van der Waals surface area contributed by atoms with E-state index in [0.29, 0.717) is 12.1 Å². The Bertz CT molecular complexity index is 475. The van der Waals surface area contributed by atoms with Gasteiger partial charge in [0.15, 0.2) is 0 Å². The Morgan fingerprint density at radius 2 is 1.72 bits per heavy atom. The molecule has 0 atom stereocenters. The molecule has 3 N–H and O–H groups in total. The second-order valence-corrected chi connectivity index (χ2v) is 6.54. The molecule has 1 rings (SSSR count). The van der Waals surface area contributed by atoms with Crippen molar-refractivity contribution in [3.63, 3.8) is 0 Å². The zero-order valence-electron chi connectivity index (χ0n) is 10.9. The second kappa shape index (κ2) is 5.69. The van der Waals surface area contributed by atoms with Crippen LogP contribution in [0.15, 0.2) is 24.3 Å². The van der Waals surface area contributed by atoms with Crippen LogP contribution in [0, 0.1) is 0 Å². The Morgan fingerprint density at radius 3 is 2.17 bits per heavy atom. The zero-order valence-corrected chi connectivity index (χ0v) is 11.7. The molecule has 0 saturated carbocycles. The van der Waals surface area contributed by atoms with Gasteiger partial charge in [-0.15, -0.1) is 0 Å². The zero-order chi connectivity index (χ0) is 13.8. The molecule has 6 heteroatoms. The summed E-state index contributed by atoms with van der Waals surface area (Å²) in [6.45, 7) is 5.40. The van der Waals surface area contributed by atoms with Crippen LogP contribution in [0.5, 0.6) is 0 Å². The van der Waals surface area contributed by atoms with Crippen LogP contribution in [0.2, 0.25) is 0 Å². The summed E-state index contributed by atoms with van der Waals surface area (Å²) in [6, 6.07) is 6.91. The summed E-state index contributed by atoms with van der Waals surface area (Å²) in [5, 5.41) is 8.78. The molecule has 0 unspecified atom stereocenters. The number of anilines is 1. The molecule has 1 aromatic carbocycles. The van der Waals surface area contributed by atoms with Gasteiger partial charge in [-0.1, -0.05) is 12.1 Å². The molecule has 0 fully saturated rings. The Balaban J connectivity index is 2.72. The van der Waals surface area contributed by atoms with Crippen LogP contribution in [0.25, 0.3) is 0 Å². The average Bonchev–Trinajstić information content (AvgIpc) is 2.17. The van der Waals surface area contributed by atoms with Crippen LogP contribution in [-0.4, -0.2) is 25.7 Å². The van der Waals surface area contributed by atoms with Gasteiger partial charge in [-0.05, 0) is 44.9 Å². The van der Waals surface area contributed by atoms with Gasteiger partial charge in [0.05, 0.1) is 0 Å². The number of aliphatic hydroxyl groups is 1. The van der Waals surface area contributed by atoms with Crippen LogP contribution in [0.4, 0.5) is 5.69 Å². The first kappa shape index (κ1) is 14.9. The third-order valence-electron chi connectivity index (χ3n) is 2.05. The summed E-state index contributed by atoms with van der Waals surface area (Å²) in [5.74, 6) is 0. The highest BCUT2D eigenvalue weighted by molar-refractivity contribution is 7.90. The van der Waals surface area contributed by atoms with Crippen molar-refractivity contribution in [2.45, 2.75) is 32.7 Å². The number of hydrogen-bond donors (Lipinski definition) is 3. The van der Waals surface area contributed by atoms with Crippen molar-refractivity contribution in [2.24, 2.45) is 0 Å². The minimum atomic E-state index is -3.57. The van der Waals surface area contributed by atoms with Crippen molar-refractivity contribution >= 4 is 15.9 Å². The largest absolute Gasteiger partial charge is 0.396 e. The van der Waals surface area contributed by atoms with Gasteiger partial charge in [0, 0.05) is 17.8 Å². The van der Waals surface area contributed by atoms with Crippen molar-refractivity contribution < 1.29 is 13.5 Å². The van der Waals surface area contributed by atoms with Crippen molar-refractivity contribution in [3.8, 4) is 0 Å². The molecule has 0 aliphatic carbocycles. The van der Waals surface area contributed by atoms with E-state index in [-0.39, 0.29) is 6.61 Å². The molecule has 0 aromatic heterocycles. The molecular formula is C12H20N2O3S. The normalized spacial score (nSPS) is 12.4. The minimum absolute atomic E-state index is 0.0800. The first-order valence-electron chi connectivity index (χ1n) is 5.73. The predicted octanol–water partition coefficient (Wildman–Crippen LogP) is 1.27. The third kappa shape index (κ3) is 5.48. The van der Waals surface area contributed by atoms with Crippen molar-refractivity contribution in [1.82, 2.24) is 4.72 Å². The van der Waals surface area contributed by atoms with Crippen molar-refractivity contribution in [3.05, 3.63) is 29.8 Å². The first-order valence-corrected chi connectivity index (χ1v) is 7.22. The van der Waals surface area contributed by atoms with E-state index >= 15 is 0 Å². The number of nitrogens with one attached hydrogen (secondary N) is 2. The van der Waals surface area contributed by atoms with Gasteiger partial charge in [-0.2, -0.15) is 13.1 Å². The lowest BCUT2D eigenvalue weighted by atomic mass is 10.1. The van der Waals surface area contributed by atoms with E-state index < -0.39 is 15.7 Å². The molecule has 0 aliphatic heterocycles. The van der Waals surface area contributed by atoms with E-state index in [2.05, 4.69) is 9.44 Å². The van der Waals surface area contributed by atoms with Gasteiger partial charge >= 0.3 is 0 Å². The Kier molecular flexibility index (Phi) is 4.72. The van der Waals surface area contributed by atoms with E-state index in [1.807, 2.05) is 0 Å². The summed E-state index contributed by atoms with van der Waals surface area (Å²) < 4.78 is 28.5. The molecular weight excluding hydrogens is 252 g/mol. The Labute approximate surface area is 108 Å². The lowest BCUT2D eigenvalue weighted by Crippen LogP contribution is -2.43. The minimum Gasteiger partial charge on any atom is -0.396 e. The van der Waals surface area contributed by atoms with Gasteiger partial charge in [-0.3, -0.25) is 4.72 Å². The summed E-state index contributed by atoms with van der Waals surface area (Å²) in [5.41, 5.74) is 0.931. The lowest BCUT2D eigenvalue weighted by molar-refractivity contribution is 0.299.